The summed E-state index contributed by atoms with van der Waals surface area (Å²) in [6.45, 7) is 0. The molecule has 0 aliphatic heterocycles. The van der Waals surface area contributed by atoms with Crippen molar-refractivity contribution in [2.45, 2.75) is 0 Å². The molecule has 1 heterocycles. The molecule has 3 aromatic rings. The Bertz CT molecular complexity index is 663. The van der Waals surface area contributed by atoms with Gasteiger partial charge in [0.15, 0.2) is 0 Å². The average molecular weight is 221 g/mol. The molecule has 0 unspecified atom stereocenters. The van der Waals surface area contributed by atoms with Gasteiger partial charge in [0, 0.05) is 23.6 Å². The number of hydrogen-bond donors (Lipinski definition) is 1. The summed E-state index contributed by atoms with van der Waals surface area (Å²) in [5.41, 5.74) is 8.52. The second kappa shape index (κ2) is 3.87. The van der Waals surface area contributed by atoms with Crippen LogP contribution in [0.15, 0.2) is 55.0 Å². The van der Waals surface area contributed by atoms with E-state index in [0.29, 0.717) is 0 Å². The number of benzene rings is 2. The minimum atomic E-state index is 0.740. The highest BCUT2D eigenvalue weighted by Crippen LogP contribution is 2.29. The topological polar surface area (TPSA) is 51.8 Å². The van der Waals surface area contributed by atoms with Gasteiger partial charge in [0.1, 0.15) is 0 Å². The second-order valence-corrected chi connectivity index (χ2v) is 3.88. The molecule has 0 amide bonds. The number of nitrogens with zero attached hydrogens (tertiary/aromatic N) is 2. The van der Waals surface area contributed by atoms with Crippen LogP contribution in [0.1, 0.15) is 0 Å². The molecule has 82 valence electrons. The summed E-state index contributed by atoms with van der Waals surface area (Å²) in [4.78, 5) is 8.42. The third-order valence-corrected chi connectivity index (χ3v) is 2.72. The van der Waals surface area contributed by atoms with E-state index >= 15 is 0 Å². The van der Waals surface area contributed by atoms with Crippen LogP contribution in [0.25, 0.3) is 22.0 Å². The zero-order valence-corrected chi connectivity index (χ0v) is 9.17. The van der Waals surface area contributed by atoms with Crippen molar-refractivity contribution in [3.05, 3.63) is 55.0 Å². The lowest BCUT2D eigenvalue weighted by Gasteiger charge is -2.07. The van der Waals surface area contributed by atoms with Crippen molar-refractivity contribution in [1.29, 1.82) is 0 Å². The Labute approximate surface area is 98.9 Å². The van der Waals surface area contributed by atoms with Gasteiger partial charge in [0.2, 0.25) is 0 Å². The summed E-state index contributed by atoms with van der Waals surface area (Å²) < 4.78 is 0. The van der Waals surface area contributed by atoms with E-state index in [1.807, 2.05) is 30.3 Å². The minimum Gasteiger partial charge on any atom is -0.399 e. The molecule has 0 saturated heterocycles. The molecule has 1 aromatic heterocycles. The zero-order chi connectivity index (χ0) is 11.7. The van der Waals surface area contributed by atoms with E-state index in [1.54, 1.807) is 18.6 Å². The molecular formula is C14H11N3. The summed E-state index contributed by atoms with van der Waals surface area (Å²) in [6.07, 6.45) is 5.10. The van der Waals surface area contributed by atoms with Gasteiger partial charge in [-0.15, -0.1) is 0 Å². The normalized spacial score (nSPS) is 10.6. The number of fused-ring (bicyclic) bond motifs is 1. The van der Waals surface area contributed by atoms with Gasteiger partial charge in [-0.1, -0.05) is 24.3 Å². The molecule has 2 aromatic carbocycles. The average Bonchev–Trinajstić information content (AvgIpc) is 2.39. The fourth-order valence-electron chi connectivity index (χ4n) is 1.98. The smallest absolute Gasteiger partial charge is 0.0892 e. The van der Waals surface area contributed by atoms with Gasteiger partial charge in [-0.05, 0) is 22.9 Å². The van der Waals surface area contributed by atoms with E-state index in [-0.39, 0.29) is 0 Å². The standard InChI is InChI=1S/C14H11N3/c15-11-7-10-3-1-2-4-12(10)13(8-11)14-9-16-5-6-17-14/h1-9H,15H2. The first-order chi connectivity index (χ1) is 8.34. The zero-order valence-electron chi connectivity index (χ0n) is 9.17. The highest BCUT2D eigenvalue weighted by molar-refractivity contribution is 5.98. The Kier molecular flexibility index (Phi) is 2.22. The number of hydrogen-bond acceptors (Lipinski definition) is 3. The maximum atomic E-state index is 5.91. The molecule has 0 spiro atoms. The molecule has 0 aliphatic rings. The number of anilines is 1. The number of rotatable bonds is 1. The Morgan fingerprint density at radius 1 is 1.00 bits per heavy atom. The first-order valence-corrected chi connectivity index (χ1v) is 5.39. The predicted molar refractivity (Wildman–Crippen MR) is 69.4 cm³/mol. The maximum absolute atomic E-state index is 5.91. The summed E-state index contributed by atoms with van der Waals surface area (Å²) in [5.74, 6) is 0. The number of nitrogen functional groups attached to an aromatic ring is 1. The van der Waals surface area contributed by atoms with Crippen LogP contribution in [0.5, 0.6) is 0 Å². The van der Waals surface area contributed by atoms with Crippen molar-refractivity contribution in [1.82, 2.24) is 9.97 Å². The summed E-state index contributed by atoms with van der Waals surface area (Å²) >= 11 is 0. The summed E-state index contributed by atoms with van der Waals surface area (Å²) in [5, 5.41) is 2.26. The molecule has 3 heteroatoms. The van der Waals surface area contributed by atoms with E-state index < -0.39 is 0 Å². The van der Waals surface area contributed by atoms with E-state index in [0.717, 1.165) is 27.7 Å². The molecule has 3 rings (SSSR count). The minimum absolute atomic E-state index is 0.740. The van der Waals surface area contributed by atoms with Crippen molar-refractivity contribution in [3.63, 3.8) is 0 Å². The molecule has 2 N–H and O–H groups in total. The first-order valence-electron chi connectivity index (χ1n) is 5.39. The molecule has 0 aliphatic carbocycles. The number of nitrogens with two attached hydrogens (primary N) is 1. The molecular weight excluding hydrogens is 210 g/mol. The highest BCUT2D eigenvalue weighted by Gasteiger charge is 2.05. The van der Waals surface area contributed by atoms with Gasteiger partial charge in [-0.25, -0.2) is 0 Å². The van der Waals surface area contributed by atoms with Crippen molar-refractivity contribution >= 4 is 16.5 Å². The fraction of sp³-hybridized carbons (Fsp3) is 0. The number of aromatic nitrogens is 2. The van der Waals surface area contributed by atoms with Gasteiger partial charge < -0.3 is 5.73 Å². The summed E-state index contributed by atoms with van der Waals surface area (Å²) in [6, 6.07) is 12.0. The Balaban J connectivity index is 2.36. The van der Waals surface area contributed by atoms with E-state index in [4.69, 9.17) is 5.73 Å². The maximum Gasteiger partial charge on any atom is 0.0892 e. The summed E-state index contributed by atoms with van der Waals surface area (Å²) in [7, 11) is 0. The first kappa shape index (κ1) is 9.78. The monoisotopic (exact) mass is 221 g/mol. The van der Waals surface area contributed by atoms with Crippen LogP contribution in [0.3, 0.4) is 0 Å². The Morgan fingerprint density at radius 3 is 2.71 bits per heavy atom. The van der Waals surface area contributed by atoms with Crippen LogP contribution >= 0.6 is 0 Å². The molecule has 0 bridgehead atoms. The third kappa shape index (κ3) is 1.72. The second-order valence-electron chi connectivity index (χ2n) is 3.88. The van der Waals surface area contributed by atoms with E-state index in [9.17, 15) is 0 Å². The lowest BCUT2D eigenvalue weighted by atomic mass is 10.0. The lowest BCUT2D eigenvalue weighted by Crippen LogP contribution is -1.90. The van der Waals surface area contributed by atoms with Crippen LogP contribution in [-0.4, -0.2) is 9.97 Å². The van der Waals surface area contributed by atoms with E-state index in [1.165, 1.54) is 0 Å². The van der Waals surface area contributed by atoms with Crippen LogP contribution in [0, 0.1) is 0 Å². The molecule has 0 atom stereocenters. The predicted octanol–water partition coefficient (Wildman–Crippen LogP) is 2.88. The third-order valence-electron chi connectivity index (χ3n) is 2.72. The SMILES string of the molecule is Nc1cc(-c2cnccn2)c2ccccc2c1. The van der Waals surface area contributed by atoms with Crippen LogP contribution in [0.4, 0.5) is 5.69 Å². The van der Waals surface area contributed by atoms with Crippen LogP contribution < -0.4 is 5.73 Å². The quantitative estimate of drug-likeness (QED) is 0.643. The van der Waals surface area contributed by atoms with E-state index in [2.05, 4.69) is 16.0 Å². The van der Waals surface area contributed by atoms with Crippen molar-refractivity contribution < 1.29 is 0 Å². The molecule has 0 radical (unpaired) electrons. The van der Waals surface area contributed by atoms with Gasteiger partial charge in [-0.2, -0.15) is 0 Å². The largest absolute Gasteiger partial charge is 0.399 e. The van der Waals surface area contributed by atoms with Crippen molar-refractivity contribution in [2.24, 2.45) is 0 Å². The lowest BCUT2D eigenvalue weighted by molar-refractivity contribution is 1.21. The van der Waals surface area contributed by atoms with Gasteiger partial charge >= 0.3 is 0 Å². The molecule has 3 nitrogen and oxygen atoms in total. The Morgan fingerprint density at radius 2 is 1.88 bits per heavy atom. The van der Waals surface area contributed by atoms with Gasteiger partial charge in [0.25, 0.3) is 0 Å². The van der Waals surface area contributed by atoms with Gasteiger partial charge in [0.05, 0.1) is 11.9 Å². The molecule has 17 heavy (non-hydrogen) atoms. The van der Waals surface area contributed by atoms with Crippen LogP contribution in [0.2, 0.25) is 0 Å². The van der Waals surface area contributed by atoms with Crippen molar-refractivity contribution in [3.8, 4) is 11.3 Å². The molecule has 0 saturated carbocycles. The fourth-order valence-corrected chi connectivity index (χ4v) is 1.98. The molecule has 0 fully saturated rings. The van der Waals surface area contributed by atoms with Gasteiger partial charge in [-0.3, -0.25) is 9.97 Å². The van der Waals surface area contributed by atoms with Crippen LogP contribution in [-0.2, 0) is 0 Å². The highest BCUT2D eigenvalue weighted by atomic mass is 14.8. The van der Waals surface area contributed by atoms with Crippen molar-refractivity contribution in [2.75, 3.05) is 5.73 Å². The Hall–Kier alpha value is -2.42.